The van der Waals surface area contributed by atoms with E-state index in [2.05, 4.69) is 5.32 Å². The summed E-state index contributed by atoms with van der Waals surface area (Å²) in [4.78, 5) is 0. The minimum atomic E-state index is -0.338. The summed E-state index contributed by atoms with van der Waals surface area (Å²) in [6.45, 7) is 3.26. The van der Waals surface area contributed by atoms with Crippen LogP contribution in [0.25, 0.3) is 0 Å². The molecule has 1 rings (SSSR count). The second-order valence-electron chi connectivity index (χ2n) is 3.52. The molecule has 4 heteroatoms. The van der Waals surface area contributed by atoms with Gasteiger partial charge in [-0.15, -0.1) is 0 Å². The zero-order valence-corrected chi connectivity index (χ0v) is 8.83. The summed E-state index contributed by atoms with van der Waals surface area (Å²) in [5.74, 6) is -0.223. The Hall–Kier alpha value is -1.13. The number of benzene rings is 1. The minimum absolute atomic E-state index is 0.0766. The molecule has 84 valence electrons. The topological polar surface area (TPSA) is 58.3 Å². The fraction of sp³-hybridized carbons (Fsp3) is 0.455. The van der Waals surface area contributed by atoms with Crippen LogP contribution in [-0.2, 0) is 0 Å². The zero-order valence-electron chi connectivity index (χ0n) is 8.83. The van der Waals surface area contributed by atoms with Crippen molar-refractivity contribution in [2.24, 2.45) is 5.73 Å². The predicted octanol–water partition coefficient (Wildman–Crippen LogP) is 1.53. The van der Waals surface area contributed by atoms with Crippen LogP contribution in [0.1, 0.15) is 24.9 Å². The third-order valence-electron chi connectivity index (χ3n) is 2.29. The molecule has 3 nitrogen and oxygen atoms in total. The van der Waals surface area contributed by atoms with Crippen LogP contribution in [0.15, 0.2) is 18.2 Å². The Bertz CT molecular complexity index is 317. The first-order chi connectivity index (χ1) is 7.15. The summed E-state index contributed by atoms with van der Waals surface area (Å²) < 4.78 is 12.9. The third-order valence-corrected chi connectivity index (χ3v) is 2.29. The molecule has 0 aromatic heterocycles. The monoisotopic (exact) mass is 212 g/mol. The van der Waals surface area contributed by atoms with Gasteiger partial charge in [-0.25, -0.2) is 4.39 Å². The maximum atomic E-state index is 12.9. The molecule has 0 fully saturated rings. The summed E-state index contributed by atoms with van der Waals surface area (Å²) in [7, 11) is 0. The van der Waals surface area contributed by atoms with E-state index in [4.69, 9.17) is 5.73 Å². The Kier molecular flexibility index (Phi) is 4.52. The molecule has 0 saturated carbocycles. The second-order valence-corrected chi connectivity index (χ2v) is 3.52. The molecule has 1 atom stereocenters. The number of nitrogens with one attached hydrogen (secondary N) is 1. The lowest BCUT2D eigenvalue weighted by Gasteiger charge is -2.15. The first-order valence-electron chi connectivity index (χ1n) is 5.07. The van der Waals surface area contributed by atoms with Crippen molar-refractivity contribution >= 4 is 0 Å². The Morgan fingerprint density at radius 1 is 1.53 bits per heavy atom. The standard InChI is InChI=1S/C11H17FN2O/c1-8(14-6-2-5-13)10-7-9(12)3-4-11(10)15/h3-4,7-8,14-15H,2,5-6,13H2,1H3. The predicted molar refractivity (Wildman–Crippen MR) is 58.2 cm³/mol. The van der Waals surface area contributed by atoms with Gasteiger partial charge in [0.15, 0.2) is 0 Å². The maximum Gasteiger partial charge on any atom is 0.123 e. The smallest absolute Gasteiger partial charge is 0.123 e. The van der Waals surface area contributed by atoms with Crippen LogP contribution in [-0.4, -0.2) is 18.2 Å². The molecule has 0 radical (unpaired) electrons. The first-order valence-corrected chi connectivity index (χ1v) is 5.07. The number of phenols is 1. The summed E-state index contributed by atoms with van der Waals surface area (Å²) in [5.41, 5.74) is 5.93. The summed E-state index contributed by atoms with van der Waals surface area (Å²) in [6, 6.07) is 3.87. The average Bonchev–Trinajstić information content (AvgIpc) is 2.22. The van der Waals surface area contributed by atoms with E-state index in [-0.39, 0.29) is 17.6 Å². The van der Waals surface area contributed by atoms with Gasteiger partial charge in [-0.3, -0.25) is 0 Å². The van der Waals surface area contributed by atoms with Crippen LogP contribution in [0.4, 0.5) is 4.39 Å². The van der Waals surface area contributed by atoms with E-state index >= 15 is 0 Å². The Labute approximate surface area is 89.1 Å². The molecular weight excluding hydrogens is 195 g/mol. The molecule has 0 aliphatic heterocycles. The summed E-state index contributed by atoms with van der Waals surface area (Å²) in [5, 5.41) is 12.7. The largest absolute Gasteiger partial charge is 0.508 e. The van der Waals surface area contributed by atoms with Gasteiger partial charge >= 0.3 is 0 Å². The van der Waals surface area contributed by atoms with Crippen LogP contribution in [0, 0.1) is 5.82 Å². The number of aromatic hydroxyl groups is 1. The number of phenolic OH excluding ortho intramolecular Hbond substituents is 1. The number of halogens is 1. The summed E-state index contributed by atoms with van der Waals surface area (Å²) >= 11 is 0. The number of rotatable bonds is 5. The molecule has 1 unspecified atom stereocenters. The molecule has 15 heavy (non-hydrogen) atoms. The van der Waals surface area contributed by atoms with Gasteiger partial charge in [0.2, 0.25) is 0 Å². The van der Waals surface area contributed by atoms with E-state index < -0.39 is 0 Å². The van der Waals surface area contributed by atoms with Crippen molar-refractivity contribution < 1.29 is 9.50 Å². The highest BCUT2D eigenvalue weighted by Crippen LogP contribution is 2.24. The van der Waals surface area contributed by atoms with Gasteiger partial charge in [-0.1, -0.05) is 0 Å². The Balaban J connectivity index is 2.64. The third kappa shape index (κ3) is 3.49. The molecule has 4 N–H and O–H groups in total. The maximum absolute atomic E-state index is 12.9. The van der Waals surface area contributed by atoms with Crippen molar-refractivity contribution in [2.45, 2.75) is 19.4 Å². The molecule has 0 aliphatic carbocycles. The molecule has 1 aromatic carbocycles. The van der Waals surface area contributed by atoms with Gasteiger partial charge in [-0.2, -0.15) is 0 Å². The molecule has 0 heterocycles. The number of nitrogens with two attached hydrogens (primary N) is 1. The van der Waals surface area contributed by atoms with Gasteiger partial charge in [0.1, 0.15) is 11.6 Å². The minimum Gasteiger partial charge on any atom is -0.508 e. The van der Waals surface area contributed by atoms with Gasteiger partial charge < -0.3 is 16.2 Å². The zero-order chi connectivity index (χ0) is 11.3. The Morgan fingerprint density at radius 2 is 2.27 bits per heavy atom. The van der Waals surface area contributed by atoms with E-state index in [1.165, 1.54) is 18.2 Å². The second kappa shape index (κ2) is 5.68. The van der Waals surface area contributed by atoms with Crippen LogP contribution >= 0.6 is 0 Å². The van der Waals surface area contributed by atoms with E-state index in [0.717, 1.165) is 13.0 Å². The van der Waals surface area contributed by atoms with Gasteiger partial charge in [0.05, 0.1) is 0 Å². The fourth-order valence-electron chi connectivity index (χ4n) is 1.40. The molecule has 0 amide bonds. The lowest BCUT2D eigenvalue weighted by atomic mass is 10.1. The van der Waals surface area contributed by atoms with E-state index in [9.17, 15) is 9.50 Å². The quantitative estimate of drug-likeness (QED) is 0.649. The lowest BCUT2D eigenvalue weighted by molar-refractivity contribution is 0.448. The van der Waals surface area contributed by atoms with Crippen LogP contribution < -0.4 is 11.1 Å². The summed E-state index contributed by atoms with van der Waals surface area (Å²) in [6.07, 6.45) is 0.862. The van der Waals surface area contributed by atoms with Crippen LogP contribution in [0.3, 0.4) is 0 Å². The van der Waals surface area contributed by atoms with Crippen molar-refractivity contribution in [3.63, 3.8) is 0 Å². The van der Waals surface area contributed by atoms with Crippen molar-refractivity contribution in [2.75, 3.05) is 13.1 Å². The van der Waals surface area contributed by atoms with E-state index in [1.807, 2.05) is 6.92 Å². The molecule has 0 spiro atoms. The highest BCUT2D eigenvalue weighted by Gasteiger charge is 2.10. The number of hydrogen-bond acceptors (Lipinski definition) is 3. The van der Waals surface area contributed by atoms with E-state index in [1.54, 1.807) is 0 Å². The number of hydrogen-bond donors (Lipinski definition) is 3. The van der Waals surface area contributed by atoms with Crippen molar-refractivity contribution in [3.8, 4) is 5.75 Å². The van der Waals surface area contributed by atoms with Gasteiger partial charge in [0, 0.05) is 11.6 Å². The normalized spacial score (nSPS) is 12.7. The molecular formula is C11H17FN2O. The van der Waals surface area contributed by atoms with Gasteiger partial charge in [-0.05, 0) is 44.6 Å². The van der Waals surface area contributed by atoms with Crippen LogP contribution in [0.5, 0.6) is 5.75 Å². The highest BCUT2D eigenvalue weighted by atomic mass is 19.1. The SMILES string of the molecule is CC(NCCCN)c1cc(F)ccc1O. The van der Waals surface area contributed by atoms with E-state index in [0.29, 0.717) is 12.1 Å². The van der Waals surface area contributed by atoms with Crippen LogP contribution in [0.2, 0.25) is 0 Å². The molecule has 0 saturated heterocycles. The fourth-order valence-corrected chi connectivity index (χ4v) is 1.40. The molecule has 0 aliphatic rings. The average molecular weight is 212 g/mol. The lowest BCUT2D eigenvalue weighted by Crippen LogP contribution is -2.22. The Morgan fingerprint density at radius 3 is 2.93 bits per heavy atom. The molecule has 0 bridgehead atoms. The highest BCUT2D eigenvalue weighted by molar-refractivity contribution is 5.34. The van der Waals surface area contributed by atoms with Crippen molar-refractivity contribution in [1.82, 2.24) is 5.32 Å². The van der Waals surface area contributed by atoms with Gasteiger partial charge in [0.25, 0.3) is 0 Å². The van der Waals surface area contributed by atoms with Crippen molar-refractivity contribution in [1.29, 1.82) is 0 Å². The van der Waals surface area contributed by atoms with Crippen molar-refractivity contribution in [3.05, 3.63) is 29.6 Å². The molecule has 1 aromatic rings. The first kappa shape index (κ1) is 11.9.